The summed E-state index contributed by atoms with van der Waals surface area (Å²) >= 11 is 0. The fourth-order valence-electron chi connectivity index (χ4n) is 1.56. The quantitative estimate of drug-likeness (QED) is 0.787. The highest BCUT2D eigenvalue weighted by Gasteiger charge is 2.33. The molecule has 0 amide bonds. The molecule has 0 saturated carbocycles. The zero-order chi connectivity index (χ0) is 12.5. The average Bonchev–Trinajstić information content (AvgIpc) is 2.69. The molecule has 0 unspecified atom stereocenters. The van der Waals surface area contributed by atoms with Gasteiger partial charge in [0.2, 0.25) is 0 Å². The van der Waals surface area contributed by atoms with Crippen LogP contribution < -0.4 is 0 Å². The average molecular weight is 240 g/mol. The molecular formula is C12H11F3N2. The molecule has 1 heterocycles. The fraction of sp³-hybridized carbons (Fsp3) is 0.250. The summed E-state index contributed by atoms with van der Waals surface area (Å²) in [6, 6.07) is 8.53. The van der Waals surface area contributed by atoms with Crippen molar-refractivity contribution in [1.82, 2.24) is 9.78 Å². The third-order valence-electron chi connectivity index (χ3n) is 2.52. The van der Waals surface area contributed by atoms with Gasteiger partial charge < -0.3 is 0 Å². The van der Waals surface area contributed by atoms with Crippen molar-refractivity contribution in [3.8, 4) is 0 Å². The van der Waals surface area contributed by atoms with Crippen LogP contribution in [0.3, 0.4) is 0 Å². The van der Waals surface area contributed by atoms with Gasteiger partial charge in [-0.3, -0.25) is 4.68 Å². The van der Waals surface area contributed by atoms with Crippen LogP contribution in [0, 0.1) is 6.92 Å². The predicted molar refractivity (Wildman–Crippen MR) is 57.5 cm³/mol. The van der Waals surface area contributed by atoms with E-state index in [1.807, 2.05) is 31.2 Å². The van der Waals surface area contributed by atoms with Crippen LogP contribution in [-0.2, 0) is 12.7 Å². The van der Waals surface area contributed by atoms with E-state index in [1.54, 1.807) is 0 Å². The number of hydrogen-bond donors (Lipinski definition) is 0. The van der Waals surface area contributed by atoms with Gasteiger partial charge in [0.15, 0.2) is 5.69 Å². The highest BCUT2D eigenvalue weighted by molar-refractivity contribution is 5.25. The van der Waals surface area contributed by atoms with Crippen molar-refractivity contribution in [3.05, 3.63) is 53.3 Å². The van der Waals surface area contributed by atoms with E-state index >= 15 is 0 Å². The summed E-state index contributed by atoms with van der Waals surface area (Å²) in [4.78, 5) is 0. The highest BCUT2D eigenvalue weighted by Crippen LogP contribution is 2.27. The van der Waals surface area contributed by atoms with Gasteiger partial charge in [0.1, 0.15) is 0 Å². The van der Waals surface area contributed by atoms with Gasteiger partial charge in [-0.15, -0.1) is 0 Å². The van der Waals surface area contributed by atoms with Crippen LogP contribution in [0.5, 0.6) is 0 Å². The molecule has 2 rings (SSSR count). The Hall–Kier alpha value is -1.78. The summed E-state index contributed by atoms with van der Waals surface area (Å²) in [6.07, 6.45) is -3.04. The lowest BCUT2D eigenvalue weighted by Crippen LogP contribution is -2.08. The van der Waals surface area contributed by atoms with Gasteiger partial charge in [-0.2, -0.15) is 18.3 Å². The van der Waals surface area contributed by atoms with E-state index in [2.05, 4.69) is 5.10 Å². The number of alkyl halides is 3. The minimum atomic E-state index is -4.38. The third kappa shape index (κ3) is 2.67. The summed E-state index contributed by atoms with van der Waals surface area (Å²) in [5, 5.41) is 3.51. The Bertz CT molecular complexity index is 514. The maximum absolute atomic E-state index is 12.3. The largest absolute Gasteiger partial charge is 0.435 e. The van der Waals surface area contributed by atoms with Gasteiger partial charge in [0, 0.05) is 6.20 Å². The summed E-state index contributed by atoms with van der Waals surface area (Å²) in [7, 11) is 0. The van der Waals surface area contributed by atoms with E-state index in [0.29, 0.717) is 6.54 Å². The molecule has 90 valence electrons. The molecule has 2 aromatic rings. The summed E-state index contributed by atoms with van der Waals surface area (Å²) in [6.45, 7) is 2.27. The summed E-state index contributed by atoms with van der Waals surface area (Å²) in [5.74, 6) is 0. The number of nitrogens with zero attached hydrogens (tertiary/aromatic N) is 2. The topological polar surface area (TPSA) is 17.8 Å². The molecule has 0 aliphatic heterocycles. The number of benzene rings is 1. The molecule has 0 spiro atoms. The molecule has 0 aliphatic carbocycles. The second-order valence-corrected chi connectivity index (χ2v) is 3.82. The maximum Gasteiger partial charge on any atom is 0.435 e. The smallest absolute Gasteiger partial charge is 0.268 e. The minimum Gasteiger partial charge on any atom is -0.268 e. The maximum atomic E-state index is 12.3. The summed E-state index contributed by atoms with van der Waals surface area (Å²) < 4.78 is 38.3. The lowest BCUT2D eigenvalue weighted by Gasteiger charge is -2.06. The molecule has 0 atom stereocenters. The molecule has 2 nitrogen and oxygen atoms in total. The Labute approximate surface area is 96.7 Å². The van der Waals surface area contributed by atoms with Crippen molar-refractivity contribution >= 4 is 0 Å². The Kier molecular flexibility index (Phi) is 2.92. The Morgan fingerprint density at radius 2 is 1.88 bits per heavy atom. The highest BCUT2D eigenvalue weighted by atomic mass is 19.4. The van der Waals surface area contributed by atoms with Crippen molar-refractivity contribution in [2.45, 2.75) is 19.6 Å². The van der Waals surface area contributed by atoms with Crippen molar-refractivity contribution in [3.63, 3.8) is 0 Å². The predicted octanol–water partition coefficient (Wildman–Crippen LogP) is 3.26. The van der Waals surface area contributed by atoms with Crippen LogP contribution in [0.25, 0.3) is 0 Å². The molecule has 0 radical (unpaired) electrons. The van der Waals surface area contributed by atoms with E-state index in [-0.39, 0.29) is 0 Å². The minimum absolute atomic E-state index is 0.350. The molecule has 0 fully saturated rings. The Morgan fingerprint density at radius 1 is 1.18 bits per heavy atom. The van der Waals surface area contributed by atoms with Crippen molar-refractivity contribution in [1.29, 1.82) is 0 Å². The van der Waals surface area contributed by atoms with Gasteiger partial charge >= 0.3 is 6.18 Å². The second-order valence-electron chi connectivity index (χ2n) is 3.82. The molecule has 5 heteroatoms. The first-order valence-electron chi connectivity index (χ1n) is 5.12. The number of aromatic nitrogens is 2. The first-order valence-corrected chi connectivity index (χ1v) is 5.12. The van der Waals surface area contributed by atoms with Crippen LogP contribution in [-0.4, -0.2) is 9.78 Å². The molecule has 17 heavy (non-hydrogen) atoms. The van der Waals surface area contributed by atoms with E-state index in [0.717, 1.165) is 17.2 Å². The molecule has 0 saturated heterocycles. The van der Waals surface area contributed by atoms with Crippen LogP contribution in [0.15, 0.2) is 36.5 Å². The van der Waals surface area contributed by atoms with E-state index in [9.17, 15) is 13.2 Å². The SMILES string of the molecule is Cc1ccccc1Cn1ccc(C(F)(F)F)n1. The first kappa shape index (κ1) is 11.7. The first-order chi connectivity index (χ1) is 7.97. The summed E-state index contributed by atoms with van der Waals surface area (Å²) in [5.41, 5.74) is 1.15. The van der Waals surface area contributed by atoms with Crippen LogP contribution >= 0.6 is 0 Å². The molecular weight excluding hydrogens is 229 g/mol. The van der Waals surface area contributed by atoms with Crippen LogP contribution in [0.1, 0.15) is 16.8 Å². The van der Waals surface area contributed by atoms with E-state index in [4.69, 9.17) is 0 Å². The normalized spacial score (nSPS) is 11.8. The van der Waals surface area contributed by atoms with E-state index < -0.39 is 11.9 Å². The van der Waals surface area contributed by atoms with Crippen molar-refractivity contribution in [2.75, 3.05) is 0 Å². The van der Waals surface area contributed by atoms with Gasteiger partial charge in [-0.25, -0.2) is 0 Å². The van der Waals surface area contributed by atoms with Crippen LogP contribution in [0.2, 0.25) is 0 Å². The van der Waals surface area contributed by atoms with Gasteiger partial charge in [-0.05, 0) is 24.1 Å². The number of rotatable bonds is 2. The zero-order valence-electron chi connectivity index (χ0n) is 9.20. The fourth-order valence-corrected chi connectivity index (χ4v) is 1.56. The van der Waals surface area contributed by atoms with Gasteiger partial charge in [0.25, 0.3) is 0 Å². The molecule has 1 aromatic carbocycles. The van der Waals surface area contributed by atoms with Gasteiger partial charge in [0.05, 0.1) is 6.54 Å². The van der Waals surface area contributed by atoms with Crippen LogP contribution in [0.4, 0.5) is 13.2 Å². The zero-order valence-corrected chi connectivity index (χ0v) is 9.20. The Morgan fingerprint density at radius 3 is 2.47 bits per heavy atom. The van der Waals surface area contributed by atoms with Crippen molar-refractivity contribution < 1.29 is 13.2 Å². The third-order valence-corrected chi connectivity index (χ3v) is 2.52. The Balaban J connectivity index is 2.21. The lowest BCUT2D eigenvalue weighted by molar-refractivity contribution is -0.141. The van der Waals surface area contributed by atoms with E-state index in [1.165, 1.54) is 10.9 Å². The second kappa shape index (κ2) is 4.24. The van der Waals surface area contributed by atoms with Crippen molar-refractivity contribution in [2.24, 2.45) is 0 Å². The number of halogens is 3. The monoisotopic (exact) mass is 240 g/mol. The molecule has 0 bridgehead atoms. The van der Waals surface area contributed by atoms with Gasteiger partial charge in [-0.1, -0.05) is 24.3 Å². The molecule has 0 aliphatic rings. The molecule has 0 N–H and O–H groups in total. The number of aryl methyl sites for hydroxylation is 1. The standard InChI is InChI=1S/C12H11F3N2/c1-9-4-2-3-5-10(9)8-17-7-6-11(16-17)12(13,14)15/h2-7H,8H2,1H3. The molecule has 1 aromatic heterocycles. The number of hydrogen-bond acceptors (Lipinski definition) is 1. The lowest BCUT2D eigenvalue weighted by atomic mass is 10.1.